The number of rotatable bonds is 5. The molecule has 6 heteroatoms. The van der Waals surface area contributed by atoms with Crippen molar-refractivity contribution >= 4 is 23.6 Å². The lowest BCUT2D eigenvalue weighted by molar-refractivity contribution is -0.150. The second-order valence-electron chi connectivity index (χ2n) is 5.93. The Labute approximate surface area is 141 Å². The van der Waals surface area contributed by atoms with E-state index in [2.05, 4.69) is 0 Å². The quantitative estimate of drug-likeness (QED) is 0.837. The third-order valence-corrected chi connectivity index (χ3v) is 5.00. The first-order valence-electron chi connectivity index (χ1n) is 7.74. The first-order valence-corrected chi connectivity index (χ1v) is 8.97. The Morgan fingerprint density at radius 2 is 2.00 bits per heavy atom. The van der Waals surface area contributed by atoms with Gasteiger partial charge in [0, 0.05) is 18.0 Å². The molecule has 1 N–H and O–H groups in total. The predicted octanol–water partition coefficient (Wildman–Crippen LogP) is 2.75. The van der Waals surface area contributed by atoms with E-state index in [4.69, 9.17) is 9.84 Å². The molecule has 0 aliphatic carbocycles. The zero-order valence-corrected chi connectivity index (χ0v) is 14.5. The van der Waals surface area contributed by atoms with Crippen LogP contribution in [0.15, 0.2) is 29.2 Å². The Bertz CT molecular complexity index is 560. The number of carboxylic acid groups (broad SMARTS) is 1. The van der Waals surface area contributed by atoms with Crippen molar-refractivity contribution in [2.24, 2.45) is 11.8 Å². The molecule has 23 heavy (non-hydrogen) atoms. The predicted molar refractivity (Wildman–Crippen MR) is 89.8 cm³/mol. The third-order valence-electron chi connectivity index (χ3n) is 4.25. The van der Waals surface area contributed by atoms with Crippen LogP contribution in [-0.4, -0.2) is 47.3 Å². The number of likely N-dealkylation sites (tertiary alicyclic amines) is 1. The Balaban J connectivity index is 1.93. The van der Waals surface area contributed by atoms with Crippen LogP contribution < -0.4 is 4.74 Å². The van der Waals surface area contributed by atoms with Crippen LogP contribution in [-0.2, 0) is 9.59 Å². The third kappa shape index (κ3) is 4.41. The molecule has 1 aliphatic heterocycles. The van der Waals surface area contributed by atoms with Crippen LogP contribution in [0, 0.1) is 11.8 Å². The van der Waals surface area contributed by atoms with Gasteiger partial charge in [0.25, 0.3) is 5.91 Å². The van der Waals surface area contributed by atoms with E-state index in [-0.39, 0.29) is 17.7 Å². The van der Waals surface area contributed by atoms with Crippen molar-refractivity contribution in [3.8, 4) is 5.75 Å². The minimum Gasteiger partial charge on any atom is -0.481 e. The van der Waals surface area contributed by atoms with Gasteiger partial charge < -0.3 is 14.7 Å². The van der Waals surface area contributed by atoms with Crippen molar-refractivity contribution < 1.29 is 19.4 Å². The highest BCUT2D eigenvalue weighted by atomic mass is 32.2. The van der Waals surface area contributed by atoms with Crippen molar-refractivity contribution in [2.45, 2.75) is 31.3 Å². The maximum absolute atomic E-state index is 12.5. The molecule has 0 radical (unpaired) electrons. The van der Waals surface area contributed by atoms with Gasteiger partial charge >= 0.3 is 5.97 Å². The molecule has 0 saturated carbocycles. The number of nitrogens with zero attached hydrogens (tertiary/aromatic N) is 1. The zero-order valence-electron chi connectivity index (χ0n) is 13.7. The first kappa shape index (κ1) is 17.7. The van der Waals surface area contributed by atoms with E-state index in [0.717, 1.165) is 4.90 Å². The van der Waals surface area contributed by atoms with Gasteiger partial charge in [0.1, 0.15) is 5.75 Å². The molecule has 1 aliphatic rings. The number of ether oxygens (including phenoxy) is 1. The van der Waals surface area contributed by atoms with Crippen molar-refractivity contribution in [3.63, 3.8) is 0 Å². The van der Waals surface area contributed by atoms with Gasteiger partial charge in [0.2, 0.25) is 0 Å². The molecular formula is C17H23NO4S. The molecule has 5 nitrogen and oxygen atoms in total. The summed E-state index contributed by atoms with van der Waals surface area (Å²) in [6.45, 7) is 4.55. The molecule has 1 amide bonds. The maximum Gasteiger partial charge on any atom is 0.306 e. The van der Waals surface area contributed by atoms with Crippen molar-refractivity contribution in [3.05, 3.63) is 24.3 Å². The molecule has 1 heterocycles. The highest BCUT2D eigenvalue weighted by molar-refractivity contribution is 7.98. The van der Waals surface area contributed by atoms with E-state index >= 15 is 0 Å². The molecule has 3 atom stereocenters. The number of thioether (sulfide) groups is 1. The Morgan fingerprint density at radius 3 is 2.52 bits per heavy atom. The van der Waals surface area contributed by atoms with Crippen LogP contribution in [0.5, 0.6) is 5.75 Å². The summed E-state index contributed by atoms with van der Waals surface area (Å²) in [5.41, 5.74) is 0. The summed E-state index contributed by atoms with van der Waals surface area (Å²) in [7, 11) is 0. The smallest absolute Gasteiger partial charge is 0.306 e. The molecule has 0 spiro atoms. The van der Waals surface area contributed by atoms with E-state index in [9.17, 15) is 9.59 Å². The van der Waals surface area contributed by atoms with Gasteiger partial charge in [-0.1, -0.05) is 6.92 Å². The SMILES string of the molecule is CSc1ccc(OC(C)C(=O)N2CCC(C(=O)O)C(C)C2)cc1. The topological polar surface area (TPSA) is 66.8 Å². The normalized spacial score (nSPS) is 22.5. The van der Waals surface area contributed by atoms with Crippen LogP contribution in [0.2, 0.25) is 0 Å². The van der Waals surface area contributed by atoms with E-state index < -0.39 is 12.1 Å². The summed E-state index contributed by atoms with van der Waals surface area (Å²) in [4.78, 5) is 26.5. The van der Waals surface area contributed by atoms with Gasteiger partial charge in [0.05, 0.1) is 5.92 Å². The highest BCUT2D eigenvalue weighted by Gasteiger charge is 2.34. The molecule has 126 valence electrons. The fraction of sp³-hybridized carbons (Fsp3) is 0.529. The number of amides is 1. The van der Waals surface area contributed by atoms with E-state index in [1.54, 1.807) is 23.6 Å². The average Bonchev–Trinajstić information content (AvgIpc) is 2.54. The summed E-state index contributed by atoms with van der Waals surface area (Å²) in [5, 5.41) is 9.15. The van der Waals surface area contributed by atoms with E-state index in [0.29, 0.717) is 25.3 Å². The first-order chi connectivity index (χ1) is 10.9. The van der Waals surface area contributed by atoms with Gasteiger partial charge in [0.15, 0.2) is 6.10 Å². The van der Waals surface area contributed by atoms with Crippen molar-refractivity contribution in [1.29, 1.82) is 0 Å². The number of carboxylic acids is 1. The number of benzene rings is 1. The molecule has 3 unspecified atom stereocenters. The van der Waals surface area contributed by atoms with Gasteiger partial charge in [-0.05, 0) is 49.8 Å². The number of hydrogen-bond donors (Lipinski definition) is 1. The minimum absolute atomic E-state index is 0.0433. The van der Waals surface area contributed by atoms with Crippen LogP contribution >= 0.6 is 11.8 Å². The lowest BCUT2D eigenvalue weighted by atomic mass is 9.87. The monoisotopic (exact) mass is 337 g/mol. The van der Waals surface area contributed by atoms with Crippen LogP contribution in [0.4, 0.5) is 0 Å². The fourth-order valence-corrected chi connectivity index (χ4v) is 3.29. The Hall–Kier alpha value is -1.69. The minimum atomic E-state index is -0.775. The van der Waals surface area contributed by atoms with Gasteiger partial charge in [-0.3, -0.25) is 9.59 Å². The number of carbonyl (C=O) groups is 2. The standard InChI is InChI=1S/C17H23NO4S/c1-11-10-18(9-8-15(11)17(20)21)16(19)12(2)22-13-4-6-14(23-3)7-5-13/h4-7,11-12,15H,8-10H2,1-3H3,(H,20,21). The summed E-state index contributed by atoms with van der Waals surface area (Å²) < 4.78 is 5.72. The number of aliphatic carboxylic acids is 1. The lowest BCUT2D eigenvalue weighted by Crippen LogP contribution is -2.49. The summed E-state index contributed by atoms with van der Waals surface area (Å²) in [6.07, 6.45) is 1.92. The molecule has 0 bridgehead atoms. The second kappa shape index (κ2) is 7.73. The van der Waals surface area contributed by atoms with Gasteiger partial charge in [-0.15, -0.1) is 11.8 Å². The molecule has 0 aromatic heterocycles. The highest BCUT2D eigenvalue weighted by Crippen LogP contribution is 2.25. The van der Waals surface area contributed by atoms with Gasteiger partial charge in [-0.25, -0.2) is 0 Å². The van der Waals surface area contributed by atoms with Crippen LogP contribution in [0.3, 0.4) is 0 Å². The fourth-order valence-electron chi connectivity index (χ4n) is 2.88. The Morgan fingerprint density at radius 1 is 1.35 bits per heavy atom. The van der Waals surface area contributed by atoms with E-state index in [1.807, 2.05) is 37.4 Å². The number of hydrogen-bond acceptors (Lipinski definition) is 4. The van der Waals surface area contributed by atoms with E-state index in [1.165, 1.54) is 0 Å². The molecule has 2 rings (SSSR count). The van der Waals surface area contributed by atoms with Crippen LogP contribution in [0.1, 0.15) is 20.3 Å². The summed E-state index contributed by atoms with van der Waals surface area (Å²) in [6, 6.07) is 7.62. The maximum atomic E-state index is 12.5. The number of carbonyl (C=O) groups excluding carboxylic acids is 1. The Kier molecular flexibility index (Phi) is 5.93. The van der Waals surface area contributed by atoms with Crippen LogP contribution in [0.25, 0.3) is 0 Å². The molecule has 1 fully saturated rings. The lowest BCUT2D eigenvalue weighted by Gasteiger charge is -2.36. The van der Waals surface area contributed by atoms with Crippen molar-refractivity contribution in [2.75, 3.05) is 19.3 Å². The molecular weight excluding hydrogens is 314 g/mol. The molecule has 1 aromatic rings. The molecule has 1 saturated heterocycles. The zero-order chi connectivity index (χ0) is 17.0. The molecule has 1 aromatic carbocycles. The number of piperidine rings is 1. The van der Waals surface area contributed by atoms with Gasteiger partial charge in [-0.2, -0.15) is 0 Å². The summed E-state index contributed by atoms with van der Waals surface area (Å²) in [5.74, 6) is -0.609. The summed E-state index contributed by atoms with van der Waals surface area (Å²) >= 11 is 1.65. The average molecular weight is 337 g/mol. The van der Waals surface area contributed by atoms with Crippen molar-refractivity contribution in [1.82, 2.24) is 4.90 Å². The second-order valence-corrected chi connectivity index (χ2v) is 6.81. The largest absolute Gasteiger partial charge is 0.481 e.